The molecule has 0 saturated carbocycles. The van der Waals surface area contributed by atoms with Crippen LogP contribution in [0.2, 0.25) is 0 Å². The van der Waals surface area contributed by atoms with Crippen molar-refractivity contribution in [2.45, 2.75) is 39.9 Å². The number of aryl methyl sites for hydroxylation is 2. The molecule has 2 aromatic heterocycles. The number of rotatable bonds is 6. The molecule has 1 N–H and O–H groups in total. The summed E-state index contributed by atoms with van der Waals surface area (Å²) in [6.45, 7) is 6.81. The fourth-order valence-corrected chi connectivity index (χ4v) is 2.04. The highest BCUT2D eigenvalue weighted by Crippen LogP contribution is 2.06. The minimum Gasteiger partial charge on any atom is -0.334 e. The summed E-state index contributed by atoms with van der Waals surface area (Å²) in [4.78, 5) is 8.76. The SMILES string of the molecule is CCc1cccnc1CNCc1nccn1CC. The summed E-state index contributed by atoms with van der Waals surface area (Å²) in [5.41, 5.74) is 2.44. The van der Waals surface area contributed by atoms with E-state index in [-0.39, 0.29) is 0 Å². The third-order valence-corrected chi connectivity index (χ3v) is 3.08. The minimum atomic E-state index is 0.778. The van der Waals surface area contributed by atoms with Crippen LogP contribution in [0, 0.1) is 0 Å². The van der Waals surface area contributed by atoms with Crippen molar-refractivity contribution in [3.8, 4) is 0 Å². The summed E-state index contributed by atoms with van der Waals surface area (Å²) in [7, 11) is 0. The zero-order valence-corrected chi connectivity index (χ0v) is 11.1. The van der Waals surface area contributed by atoms with Gasteiger partial charge in [-0.15, -0.1) is 0 Å². The third kappa shape index (κ3) is 2.96. The van der Waals surface area contributed by atoms with E-state index in [0.717, 1.165) is 37.6 Å². The van der Waals surface area contributed by atoms with Crippen LogP contribution in [0.1, 0.15) is 30.9 Å². The van der Waals surface area contributed by atoms with Crippen molar-refractivity contribution >= 4 is 0 Å². The molecule has 0 fully saturated rings. The number of aromatic nitrogens is 3. The van der Waals surface area contributed by atoms with Crippen LogP contribution in [0.25, 0.3) is 0 Å². The molecule has 0 unspecified atom stereocenters. The van der Waals surface area contributed by atoms with Crippen molar-refractivity contribution < 1.29 is 0 Å². The van der Waals surface area contributed by atoms with Crippen molar-refractivity contribution in [2.75, 3.05) is 0 Å². The maximum Gasteiger partial charge on any atom is 0.122 e. The first-order valence-electron chi connectivity index (χ1n) is 6.48. The summed E-state index contributed by atoms with van der Waals surface area (Å²) < 4.78 is 2.14. The van der Waals surface area contributed by atoms with Gasteiger partial charge in [-0.25, -0.2) is 4.98 Å². The lowest BCUT2D eigenvalue weighted by Crippen LogP contribution is -2.18. The Bertz CT molecular complexity index is 490. The molecule has 18 heavy (non-hydrogen) atoms. The zero-order chi connectivity index (χ0) is 12.8. The van der Waals surface area contributed by atoms with Crippen LogP contribution in [0.3, 0.4) is 0 Å². The lowest BCUT2D eigenvalue weighted by molar-refractivity contribution is 0.605. The summed E-state index contributed by atoms with van der Waals surface area (Å²) in [5.74, 6) is 1.08. The molecule has 2 aromatic rings. The second-order valence-electron chi connectivity index (χ2n) is 4.20. The number of hydrogen-bond acceptors (Lipinski definition) is 3. The average molecular weight is 244 g/mol. The second-order valence-corrected chi connectivity index (χ2v) is 4.20. The lowest BCUT2D eigenvalue weighted by Gasteiger charge is -2.09. The average Bonchev–Trinajstić information content (AvgIpc) is 2.87. The molecule has 2 rings (SSSR count). The summed E-state index contributed by atoms with van der Waals surface area (Å²) in [6, 6.07) is 4.13. The number of imidazole rings is 1. The molecule has 96 valence electrons. The van der Waals surface area contributed by atoms with E-state index in [0.29, 0.717) is 0 Å². The van der Waals surface area contributed by atoms with Gasteiger partial charge in [-0.05, 0) is 25.0 Å². The fourth-order valence-electron chi connectivity index (χ4n) is 2.04. The molecule has 0 aromatic carbocycles. The number of pyridine rings is 1. The quantitative estimate of drug-likeness (QED) is 0.846. The molecule has 4 heteroatoms. The van der Waals surface area contributed by atoms with Crippen molar-refractivity contribution in [3.63, 3.8) is 0 Å². The van der Waals surface area contributed by atoms with Crippen LogP contribution >= 0.6 is 0 Å². The van der Waals surface area contributed by atoms with E-state index in [2.05, 4.69) is 39.8 Å². The van der Waals surface area contributed by atoms with Crippen LogP contribution in [0.15, 0.2) is 30.7 Å². The minimum absolute atomic E-state index is 0.778. The monoisotopic (exact) mass is 244 g/mol. The van der Waals surface area contributed by atoms with Gasteiger partial charge in [-0.2, -0.15) is 0 Å². The molecule has 0 amide bonds. The molecule has 0 atom stereocenters. The Kier molecular flexibility index (Phi) is 4.47. The number of nitrogens with zero attached hydrogens (tertiary/aromatic N) is 3. The molecule has 0 spiro atoms. The van der Waals surface area contributed by atoms with Gasteiger partial charge in [0, 0.05) is 31.7 Å². The van der Waals surface area contributed by atoms with E-state index in [1.807, 2.05) is 24.7 Å². The Balaban J connectivity index is 1.92. The van der Waals surface area contributed by atoms with Crippen LogP contribution < -0.4 is 5.32 Å². The van der Waals surface area contributed by atoms with Crippen molar-refractivity contribution in [1.29, 1.82) is 0 Å². The Hall–Kier alpha value is -1.68. The van der Waals surface area contributed by atoms with Gasteiger partial charge >= 0.3 is 0 Å². The third-order valence-electron chi connectivity index (χ3n) is 3.08. The van der Waals surface area contributed by atoms with Crippen molar-refractivity contribution in [3.05, 3.63) is 47.8 Å². The molecule has 4 nitrogen and oxygen atoms in total. The van der Waals surface area contributed by atoms with Crippen LogP contribution in [0.5, 0.6) is 0 Å². The normalized spacial score (nSPS) is 10.8. The molecule has 0 radical (unpaired) electrons. The maximum absolute atomic E-state index is 4.42. The molecule has 0 bridgehead atoms. The van der Waals surface area contributed by atoms with Gasteiger partial charge in [-0.3, -0.25) is 4.98 Å². The van der Waals surface area contributed by atoms with Gasteiger partial charge in [0.05, 0.1) is 12.2 Å². The zero-order valence-electron chi connectivity index (χ0n) is 11.1. The van der Waals surface area contributed by atoms with E-state index in [4.69, 9.17) is 0 Å². The van der Waals surface area contributed by atoms with Crippen LogP contribution in [-0.2, 0) is 26.1 Å². The Morgan fingerprint density at radius 1 is 1.17 bits per heavy atom. The van der Waals surface area contributed by atoms with Gasteiger partial charge < -0.3 is 9.88 Å². The number of hydrogen-bond donors (Lipinski definition) is 1. The van der Waals surface area contributed by atoms with Crippen LogP contribution in [0.4, 0.5) is 0 Å². The number of nitrogens with one attached hydrogen (secondary N) is 1. The smallest absolute Gasteiger partial charge is 0.122 e. The van der Waals surface area contributed by atoms with Crippen molar-refractivity contribution in [1.82, 2.24) is 19.9 Å². The topological polar surface area (TPSA) is 42.7 Å². The molecule has 0 aliphatic rings. The van der Waals surface area contributed by atoms with Gasteiger partial charge in [0.25, 0.3) is 0 Å². The van der Waals surface area contributed by atoms with Crippen molar-refractivity contribution in [2.24, 2.45) is 0 Å². The summed E-state index contributed by atoms with van der Waals surface area (Å²) >= 11 is 0. The van der Waals surface area contributed by atoms with E-state index < -0.39 is 0 Å². The van der Waals surface area contributed by atoms with Gasteiger partial charge in [-0.1, -0.05) is 13.0 Å². The van der Waals surface area contributed by atoms with Gasteiger partial charge in [0.15, 0.2) is 0 Å². The second kappa shape index (κ2) is 6.31. The molecule has 2 heterocycles. The lowest BCUT2D eigenvalue weighted by atomic mass is 10.1. The first-order valence-corrected chi connectivity index (χ1v) is 6.48. The van der Waals surface area contributed by atoms with E-state index in [1.165, 1.54) is 5.56 Å². The first-order chi connectivity index (χ1) is 8.85. The highest BCUT2D eigenvalue weighted by molar-refractivity contribution is 5.19. The Morgan fingerprint density at radius 3 is 2.83 bits per heavy atom. The molecular formula is C14H20N4. The summed E-state index contributed by atoms with van der Waals surface area (Å²) in [5, 5.41) is 3.41. The van der Waals surface area contributed by atoms with E-state index >= 15 is 0 Å². The molecule has 0 aliphatic heterocycles. The highest BCUT2D eigenvalue weighted by Gasteiger charge is 2.03. The van der Waals surface area contributed by atoms with E-state index in [9.17, 15) is 0 Å². The Labute approximate surface area is 108 Å². The molecule has 0 saturated heterocycles. The maximum atomic E-state index is 4.42. The van der Waals surface area contributed by atoms with Gasteiger partial charge in [0.1, 0.15) is 5.82 Å². The summed E-state index contributed by atoms with van der Waals surface area (Å²) in [6.07, 6.45) is 6.73. The molecular weight excluding hydrogens is 224 g/mol. The Morgan fingerprint density at radius 2 is 2.06 bits per heavy atom. The highest BCUT2D eigenvalue weighted by atomic mass is 15.1. The van der Waals surface area contributed by atoms with Crippen LogP contribution in [-0.4, -0.2) is 14.5 Å². The standard InChI is InChI=1S/C14H20N4/c1-3-12-6-5-7-16-13(12)10-15-11-14-17-8-9-18(14)4-2/h5-9,15H,3-4,10-11H2,1-2H3. The van der Waals surface area contributed by atoms with Gasteiger partial charge in [0.2, 0.25) is 0 Å². The molecule has 0 aliphatic carbocycles. The first kappa shape index (κ1) is 12.8. The largest absolute Gasteiger partial charge is 0.334 e. The fraction of sp³-hybridized carbons (Fsp3) is 0.429. The predicted octanol–water partition coefficient (Wildman–Crippen LogP) is 2.15. The van der Waals surface area contributed by atoms with E-state index in [1.54, 1.807) is 0 Å². The predicted molar refractivity (Wildman–Crippen MR) is 72.1 cm³/mol.